The molecule has 1 aromatic carbocycles. The van der Waals surface area contributed by atoms with Gasteiger partial charge in [-0.2, -0.15) is 0 Å². The molecule has 0 bridgehead atoms. The molecule has 1 aromatic rings. The van der Waals surface area contributed by atoms with Crippen molar-refractivity contribution in [2.24, 2.45) is 0 Å². The number of benzene rings is 1. The zero-order chi connectivity index (χ0) is 8.39. The van der Waals surface area contributed by atoms with Gasteiger partial charge in [-0.05, 0) is 23.8 Å². The van der Waals surface area contributed by atoms with E-state index in [9.17, 15) is 0 Å². The van der Waals surface area contributed by atoms with Gasteiger partial charge >= 0.3 is 0 Å². The van der Waals surface area contributed by atoms with E-state index in [0.29, 0.717) is 5.21 Å². The van der Waals surface area contributed by atoms with Crippen molar-refractivity contribution in [1.29, 1.82) is 0 Å². The Labute approximate surface area is 81.1 Å². The maximum Gasteiger partial charge on any atom is 0.122 e. The Bertz CT molecular complexity index is 288. The predicted octanol–water partition coefficient (Wildman–Crippen LogP) is 2.91. The first-order chi connectivity index (χ1) is 5.90. The highest BCUT2D eigenvalue weighted by atomic mass is 35.5. The monoisotopic (exact) mass is 200 g/mol. The Hall–Kier alpha value is -0.340. The van der Waals surface area contributed by atoms with Crippen LogP contribution in [0.4, 0.5) is 0 Å². The number of hydrogen-bond donors (Lipinski definition) is 0. The number of rotatable bonds is 2. The summed E-state index contributed by atoms with van der Waals surface area (Å²) in [5.74, 6) is 1.04. The lowest BCUT2D eigenvalue weighted by Gasteiger charge is -2.00. The zero-order valence-corrected chi connectivity index (χ0v) is 8.12. The summed E-state index contributed by atoms with van der Waals surface area (Å²) in [4.78, 5) is 1.23. The van der Waals surface area contributed by atoms with Gasteiger partial charge in [0.1, 0.15) is 5.75 Å². The molecule has 1 heterocycles. The molecule has 0 N–H and O–H groups in total. The van der Waals surface area contributed by atoms with Gasteiger partial charge in [0.2, 0.25) is 0 Å². The molecule has 64 valence electrons. The summed E-state index contributed by atoms with van der Waals surface area (Å²) in [5.41, 5.74) is 1.31. The fourth-order valence-corrected chi connectivity index (χ4v) is 2.21. The molecule has 0 spiro atoms. The predicted molar refractivity (Wildman–Crippen MR) is 52.2 cm³/mol. The van der Waals surface area contributed by atoms with Gasteiger partial charge in [-0.3, -0.25) is 0 Å². The van der Waals surface area contributed by atoms with Crippen LogP contribution < -0.4 is 4.74 Å². The summed E-state index contributed by atoms with van der Waals surface area (Å²) < 4.78 is 5.39. The Morgan fingerprint density at radius 1 is 1.50 bits per heavy atom. The van der Waals surface area contributed by atoms with Crippen LogP contribution in [0.25, 0.3) is 0 Å². The van der Waals surface area contributed by atoms with E-state index in [2.05, 4.69) is 12.1 Å². The molecule has 0 aliphatic carbocycles. The third-order valence-corrected chi connectivity index (χ3v) is 2.91. The van der Waals surface area contributed by atoms with Crippen molar-refractivity contribution in [1.82, 2.24) is 0 Å². The Morgan fingerprint density at radius 3 is 3.25 bits per heavy atom. The first-order valence-electron chi connectivity index (χ1n) is 3.84. The Kier molecular flexibility index (Phi) is 2.47. The minimum absolute atomic E-state index is 0.611. The second kappa shape index (κ2) is 3.58. The largest absolute Gasteiger partial charge is 0.493 e. The minimum atomic E-state index is 0.611. The SMILES string of the molecule is ClCSc1ccc2c(c1)CCO2. The van der Waals surface area contributed by atoms with Gasteiger partial charge in [0, 0.05) is 11.3 Å². The van der Waals surface area contributed by atoms with E-state index >= 15 is 0 Å². The van der Waals surface area contributed by atoms with Crippen LogP contribution in [0.1, 0.15) is 5.56 Å². The first-order valence-corrected chi connectivity index (χ1v) is 5.36. The van der Waals surface area contributed by atoms with E-state index in [0.717, 1.165) is 18.8 Å². The maximum atomic E-state index is 5.62. The topological polar surface area (TPSA) is 9.23 Å². The lowest BCUT2D eigenvalue weighted by Crippen LogP contribution is -1.85. The van der Waals surface area contributed by atoms with Crippen LogP contribution in [-0.2, 0) is 6.42 Å². The van der Waals surface area contributed by atoms with Gasteiger partial charge in [0.25, 0.3) is 0 Å². The lowest BCUT2D eigenvalue weighted by molar-refractivity contribution is 0.357. The average molecular weight is 201 g/mol. The molecular weight excluding hydrogens is 192 g/mol. The van der Waals surface area contributed by atoms with Crippen LogP contribution in [0, 0.1) is 0 Å². The van der Waals surface area contributed by atoms with E-state index in [-0.39, 0.29) is 0 Å². The minimum Gasteiger partial charge on any atom is -0.493 e. The number of thioether (sulfide) groups is 1. The van der Waals surface area contributed by atoms with E-state index in [1.54, 1.807) is 11.8 Å². The third kappa shape index (κ3) is 1.54. The normalized spacial score (nSPS) is 14.1. The zero-order valence-electron chi connectivity index (χ0n) is 6.55. The van der Waals surface area contributed by atoms with Gasteiger partial charge in [0.05, 0.1) is 11.8 Å². The maximum absolute atomic E-state index is 5.62. The number of halogens is 1. The van der Waals surface area contributed by atoms with Gasteiger partial charge < -0.3 is 4.74 Å². The number of ether oxygens (including phenoxy) is 1. The molecule has 1 aliphatic rings. The third-order valence-electron chi connectivity index (χ3n) is 1.88. The summed E-state index contributed by atoms with van der Waals surface area (Å²) in [6, 6.07) is 6.24. The quantitative estimate of drug-likeness (QED) is 0.536. The number of fused-ring (bicyclic) bond motifs is 1. The smallest absolute Gasteiger partial charge is 0.122 e. The van der Waals surface area contributed by atoms with Crippen molar-refractivity contribution in [3.05, 3.63) is 23.8 Å². The van der Waals surface area contributed by atoms with E-state index in [1.807, 2.05) is 6.07 Å². The molecule has 0 radical (unpaired) electrons. The molecule has 2 rings (SSSR count). The van der Waals surface area contributed by atoms with Gasteiger partial charge in [0.15, 0.2) is 0 Å². The van der Waals surface area contributed by atoms with Crippen LogP contribution in [0.5, 0.6) is 5.75 Å². The van der Waals surface area contributed by atoms with Crippen molar-refractivity contribution >= 4 is 23.4 Å². The highest BCUT2D eigenvalue weighted by Crippen LogP contribution is 2.30. The fourth-order valence-electron chi connectivity index (χ4n) is 1.32. The number of alkyl halides is 1. The van der Waals surface area contributed by atoms with Crippen LogP contribution >= 0.6 is 23.4 Å². The molecule has 1 nitrogen and oxygen atoms in total. The average Bonchev–Trinajstić information content (AvgIpc) is 2.51. The Morgan fingerprint density at radius 2 is 2.42 bits per heavy atom. The highest BCUT2D eigenvalue weighted by Gasteiger charge is 2.11. The standard InChI is InChI=1S/C9H9ClOS/c10-6-12-8-1-2-9-7(5-8)3-4-11-9/h1-2,5H,3-4,6H2. The molecule has 0 saturated heterocycles. The van der Waals surface area contributed by atoms with E-state index < -0.39 is 0 Å². The molecular formula is C9H9ClOS. The fraction of sp³-hybridized carbons (Fsp3) is 0.333. The summed E-state index contributed by atoms with van der Waals surface area (Å²) in [6.07, 6.45) is 1.03. The molecule has 0 saturated carbocycles. The number of hydrogen-bond acceptors (Lipinski definition) is 2. The van der Waals surface area contributed by atoms with Crippen molar-refractivity contribution in [3.63, 3.8) is 0 Å². The second-order valence-electron chi connectivity index (χ2n) is 2.62. The lowest BCUT2D eigenvalue weighted by atomic mass is 10.2. The van der Waals surface area contributed by atoms with Crippen LogP contribution in [0.2, 0.25) is 0 Å². The molecule has 0 fully saturated rings. The summed E-state index contributed by atoms with van der Waals surface area (Å²) in [5, 5.41) is 0.611. The molecule has 12 heavy (non-hydrogen) atoms. The molecule has 0 amide bonds. The van der Waals surface area contributed by atoms with Crippen molar-refractivity contribution in [3.8, 4) is 5.75 Å². The van der Waals surface area contributed by atoms with E-state index in [4.69, 9.17) is 16.3 Å². The molecule has 0 unspecified atom stereocenters. The highest BCUT2D eigenvalue weighted by molar-refractivity contribution is 8.00. The van der Waals surface area contributed by atoms with Crippen LogP contribution in [0.3, 0.4) is 0 Å². The van der Waals surface area contributed by atoms with Crippen molar-refractivity contribution < 1.29 is 4.74 Å². The molecule has 1 aliphatic heterocycles. The van der Waals surface area contributed by atoms with Crippen molar-refractivity contribution in [2.75, 3.05) is 11.8 Å². The molecule has 3 heteroatoms. The first kappa shape index (κ1) is 8.27. The molecule has 0 aromatic heterocycles. The summed E-state index contributed by atoms with van der Waals surface area (Å²) in [7, 11) is 0. The second-order valence-corrected chi connectivity index (χ2v) is 4.25. The summed E-state index contributed by atoms with van der Waals surface area (Å²) in [6.45, 7) is 0.824. The summed E-state index contributed by atoms with van der Waals surface area (Å²) >= 11 is 7.27. The van der Waals surface area contributed by atoms with Crippen LogP contribution in [-0.4, -0.2) is 11.8 Å². The van der Waals surface area contributed by atoms with Crippen molar-refractivity contribution in [2.45, 2.75) is 11.3 Å². The van der Waals surface area contributed by atoms with Gasteiger partial charge in [-0.1, -0.05) is 0 Å². The van der Waals surface area contributed by atoms with Crippen LogP contribution in [0.15, 0.2) is 23.1 Å². The van der Waals surface area contributed by atoms with E-state index in [1.165, 1.54) is 10.5 Å². The Balaban J connectivity index is 2.26. The van der Waals surface area contributed by atoms with Gasteiger partial charge in [-0.25, -0.2) is 0 Å². The van der Waals surface area contributed by atoms with Gasteiger partial charge in [-0.15, -0.1) is 23.4 Å². The molecule has 0 atom stereocenters.